The van der Waals surface area contributed by atoms with Crippen molar-refractivity contribution in [2.45, 2.75) is 20.3 Å². The second-order valence-electron chi connectivity index (χ2n) is 10.1. The fourth-order valence-corrected chi connectivity index (χ4v) is 5.37. The topological polar surface area (TPSA) is 103 Å². The number of benzene rings is 2. The van der Waals surface area contributed by atoms with Crippen molar-refractivity contribution >= 4 is 39.5 Å². The number of hydrogen-bond acceptors (Lipinski definition) is 5. The fourth-order valence-electron chi connectivity index (χ4n) is 5.37. The minimum Gasteiger partial charge on any atom is -0.494 e. The third-order valence-electron chi connectivity index (χ3n) is 7.79. The van der Waals surface area contributed by atoms with Crippen molar-refractivity contribution < 1.29 is 14.7 Å². The molecule has 8 nitrogen and oxygen atoms in total. The average molecular weight is 508 g/mol. The number of hydrogen-bond donors (Lipinski definition) is 3. The zero-order valence-electron chi connectivity index (χ0n) is 21.3. The third kappa shape index (κ3) is 4.18. The molecule has 4 heterocycles. The molecule has 0 radical (unpaired) electrons. The Morgan fingerprint density at radius 3 is 2.74 bits per heavy atom. The Labute approximate surface area is 219 Å². The number of aromatic amines is 1. The smallest absolute Gasteiger partial charge is 0.253 e. The van der Waals surface area contributed by atoms with Gasteiger partial charge in [-0.25, -0.2) is 4.98 Å². The number of nitrogens with zero attached hydrogens (tertiary/aromatic N) is 3. The van der Waals surface area contributed by atoms with Crippen LogP contribution >= 0.6 is 0 Å². The van der Waals surface area contributed by atoms with Gasteiger partial charge in [-0.2, -0.15) is 0 Å². The monoisotopic (exact) mass is 507 g/mol. The molecule has 2 unspecified atom stereocenters. The van der Waals surface area contributed by atoms with E-state index in [0.717, 1.165) is 45.5 Å². The number of ketones is 1. The highest BCUT2D eigenvalue weighted by molar-refractivity contribution is 5.95. The highest BCUT2D eigenvalue weighted by Gasteiger charge is 2.32. The van der Waals surface area contributed by atoms with E-state index < -0.39 is 0 Å². The minimum atomic E-state index is -0.0183. The van der Waals surface area contributed by atoms with Crippen molar-refractivity contribution in [3.8, 4) is 17.1 Å². The first kappa shape index (κ1) is 23.8. The number of fused-ring (bicyclic) bond motifs is 2. The van der Waals surface area contributed by atoms with Crippen molar-refractivity contribution in [1.82, 2.24) is 19.3 Å². The lowest BCUT2D eigenvalue weighted by atomic mass is 9.90. The summed E-state index contributed by atoms with van der Waals surface area (Å²) >= 11 is 0. The van der Waals surface area contributed by atoms with E-state index in [0.29, 0.717) is 18.7 Å². The van der Waals surface area contributed by atoms with E-state index in [4.69, 9.17) is 0 Å². The van der Waals surface area contributed by atoms with Crippen molar-refractivity contribution in [2.24, 2.45) is 11.8 Å². The van der Waals surface area contributed by atoms with Crippen LogP contribution in [0, 0.1) is 11.8 Å². The lowest BCUT2D eigenvalue weighted by Gasteiger charge is -2.19. The predicted molar refractivity (Wildman–Crippen MR) is 148 cm³/mol. The Morgan fingerprint density at radius 1 is 1.13 bits per heavy atom. The van der Waals surface area contributed by atoms with E-state index >= 15 is 0 Å². The third-order valence-corrected chi connectivity index (χ3v) is 7.79. The van der Waals surface area contributed by atoms with Gasteiger partial charge in [0.15, 0.2) is 11.5 Å². The number of imidazole rings is 1. The van der Waals surface area contributed by atoms with Gasteiger partial charge in [0.1, 0.15) is 5.78 Å². The number of Topliss-reactive ketones (excluding diaryl/α,β-unsaturated/α-hetero) is 1. The van der Waals surface area contributed by atoms with E-state index in [9.17, 15) is 14.7 Å². The van der Waals surface area contributed by atoms with Gasteiger partial charge in [0.2, 0.25) is 0 Å². The molecule has 0 saturated carbocycles. The molecule has 3 N–H and O–H groups in total. The van der Waals surface area contributed by atoms with Crippen LogP contribution < -0.4 is 5.32 Å². The molecule has 0 bridgehead atoms. The van der Waals surface area contributed by atoms with Gasteiger partial charge in [-0.3, -0.25) is 14.0 Å². The van der Waals surface area contributed by atoms with Crippen molar-refractivity contribution in [2.75, 3.05) is 18.4 Å². The summed E-state index contributed by atoms with van der Waals surface area (Å²) in [6.45, 7) is 4.89. The summed E-state index contributed by atoms with van der Waals surface area (Å²) in [6.07, 6.45) is 6.34. The normalized spacial score (nSPS) is 16.3. The average Bonchev–Trinajstić information content (AvgIpc) is 3.69. The molecule has 1 amide bonds. The number of carbonyl (C=O) groups is 2. The number of nitrogens with one attached hydrogen (secondary N) is 2. The molecule has 8 heteroatoms. The van der Waals surface area contributed by atoms with Crippen LogP contribution in [-0.4, -0.2) is 49.2 Å². The van der Waals surface area contributed by atoms with Crippen LogP contribution in [0.3, 0.4) is 0 Å². The molecule has 5 aromatic rings. The number of likely N-dealkylation sites (tertiary alicyclic amines) is 1. The first-order valence-electron chi connectivity index (χ1n) is 12.8. The molecule has 3 aromatic heterocycles. The van der Waals surface area contributed by atoms with E-state index in [1.54, 1.807) is 19.3 Å². The highest BCUT2D eigenvalue weighted by Crippen LogP contribution is 2.32. The van der Waals surface area contributed by atoms with E-state index in [-0.39, 0.29) is 29.4 Å². The minimum absolute atomic E-state index is 0.00233. The van der Waals surface area contributed by atoms with Gasteiger partial charge in [0.05, 0.1) is 11.4 Å². The van der Waals surface area contributed by atoms with Gasteiger partial charge < -0.3 is 20.3 Å². The van der Waals surface area contributed by atoms with Gasteiger partial charge in [-0.05, 0) is 73.4 Å². The number of aromatic hydroxyl groups is 1. The number of aromatic nitrogens is 3. The molecule has 2 atom stereocenters. The SMILES string of the molecule is CC(=O)C(C)C1CCN(C(=O)c2ccc(Nc3ccc(-c4ccc5c(O)[nH]cc5c4)n4ccnc34)cc2)C1. The molecule has 2 aromatic carbocycles. The quantitative estimate of drug-likeness (QED) is 0.277. The number of H-pyrrole nitrogens is 1. The van der Waals surface area contributed by atoms with Crippen LogP contribution in [0.25, 0.3) is 27.7 Å². The number of anilines is 2. The summed E-state index contributed by atoms with van der Waals surface area (Å²) in [4.78, 5) is 34.1. The maximum absolute atomic E-state index is 13.0. The molecule has 1 aliphatic rings. The lowest BCUT2D eigenvalue weighted by molar-refractivity contribution is -0.121. The van der Waals surface area contributed by atoms with E-state index in [1.807, 2.05) is 77.0 Å². The Hall–Kier alpha value is -4.59. The van der Waals surface area contributed by atoms with Gasteiger partial charge in [-0.15, -0.1) is 0 Å². The van der Waals surface area contributed by atoms with Crippen LogP contribution in [-0.2, 0) is 4.79 Å². The zero-order valence-corrected chi connectivity index (χ0v) is 21.3. The first-order chi connectivity index (χ1) is 18.4. The second kappa shape index (κ2) is 9.37. The maximum atomic E-state index is 13.0. The summed E-state index contributed by atoms with van der Waals surface area (Å²) < 4.78 is 2.03. The molecule has 0 aliphatic carbocycles. The summed E-state index contributed by atoms with van der Waals surface area (Å²) in [5, 5.41) is 15.1. The molecular formula is C30H29N5O3. The standard InChI is InChI=1S/C30H29N5O3/c1-18(19(2)36)22-11-13-34(17-22)30(38)20-3-6-24(7-4-20)33-26-9-10-27(35-14-12-31-28(26)35)21-5-8-25-23(15-21)16-32-29(25)37/h3-10,12,14-16,18,22,32-33,37H,11,13,17H2,1-2H3. The Balaban J connectivity index is 1.20. The van der Waals surface area contributed by atoms with Crippen LogP contribution in [0.1, 0.15) is 30.6 Å². The molecule has 1 aliphatic heterocycles. The zero-order chi connectivity index (χ0) is 26.4. The predicted octanol–water partition coefficient (Wildman–Crippen LogP) is 5.62. The van der Waals surface area contributed by atoms with E-state index in [2.05, 4.69) is 15.3 Å². The Morgan fingerprint density at radius 2 is 1.95 bits per heavy atom. The summed E-state index contributed by atoms with van der Waals surface area (Å²) in [7, 11) is 0. The molecule has 0 spiro atoms. The molecule has 6 rings (SSSR count). The molecule has 1 saturated heterocycles. The Bertz CT molecular complexity index is 1670. The van der Waals surface area contributed by atoms with Gasteiger partial charge in [-0.1, -0.05) is 13.0 Å². The summed E-state index contributed by atoms with van der Waals surface area (Å²) in [5.41, 5.74) is 5.11. The highest BCUT2D eigenvalue weighted by atomic mass is 16.3. The lowest BCUT2D eigenvalue weighted by Crippen LogP contribution is -2.30. The molecule has 192 valence electrons. The number of rotatable bonds is 6. The molecule has 1 fully saturated rings. The number of carbonyl (C=O) groups excluding carboxylic acids is 2. The van der Waals surface area contributed by atoms with Gasteiger partial charge >= 0.3 is 0 Å². The Kier molecular flexibility index (Phi) is 5.87. The van der Waals surface area contributed by atoms with Crippen molar-refractivity contribution in [1.29, 1.82) is 0 Å². The number of pyridine rings is 1. The summed E-state index contributed by atoms with van der Waals surface area (Å²) in [5.74, 6) is 0.562. The van der Waals surface area contributed by atoms with Gasteiger partial charge in [0.25, 0.3) is 5.91 Å². The van der Waals surface area contributed by atoms with Crippen LogP contribution in [0.4, 0.5) is 11.4 Å². The fraction of sp³-hybridized carbons (Fsp3) is 0.233. The second-order valence-corrected chi connectivity index (χ2v) is 10.1. The van der Waals surface area contributed by atoms with Crippen LogP contribution in [0.5, 0.6) is 5.88 Å². The van der Waals surface area contributed by atoms with Crippen molar-refractivity contribution in [3.63, 3.8) is 0 Å². The van der Waals surface area contributed by atoms with Crippen LogP contribution in [0.2, 0.25) is 0 Å². The largest absolute Gasteiger partial charge is 0.494 e. The molecule has 38 heavy (non-hydrogen) atoms. The van der Waals surface area contributed by atoms with Crippen LogP contribution in [0.15, 0.2) is 73.2 Å². The summed E-state index contributed by atoms with van der Waals surface area (Å²) in [6, 6.07) is 17.4. The van der Waals surface area contributed by atoms with Crippen molar-refractivity contribution in [3.05, 3.63) is 78.8 Å². The van der Waals surface area contributed by atoms with Gasteiger partial charge in [0, 0.05) is 59.6 Å². The number of amides is 1. The molecular weight excluding hydrogens is 478 g/mol. The first-order valence-corrected chi connectivity index (χ1v) is 12.8. The van der Waals surface area contributed by atoms with E-state index in [1.165, 1.54) is 0 Å². The maximum Gasteiger partial charge on any atom is 0.253 e.